The summed E-state index contributed by atoms with van der Waals surface area (Å²) in [7, 11) is 0. The number of anilines is 1. The summed E-state index contributed by atoms with van der Waals surface area (Å²) < 4.78 is 0.744. The van der Waals surface area contributed by atoms with Gasteiger partial charge in [0.15, 0.2) is 0 Å². The highest BCUT2D eigenvalue weighted by Crippen LogP contribution is 2.49. The third-order valence-electron chi connectivity index (χ3n) is 5.23. The molecule has 1 N–H and O–H groups in total. The lowest BCUT2D eigenvalue weighted by molar-refractivity contribution is -0.384. The van der Waals surface area contributed by atoms with Gasteiger partial charge in [-0.1, -0.05) is 28.8 Å². The molecule has 1 aromatic carbocycles. The minimum absolute atomic E-state index is 0.158. The van der Waals surface area contributed by atoms with Crippen LogP contribution in [0, 0.1) is 15.5 Å². The average molecular weight is 353 g/mol. The Bertz CT molecular complexity index is 531. The van der Waals surface area contributed by atoms with Crippen LogP contribution in [0.1, 0.15) is 51.4 Å². The number of hydrogen-bond acceptors (Lipinski definition) is 3. The van der Waals surface area contributed by atoms with E-state index in [0.717, 1.165) is 17.3 Å². The average Bonchev–Trinajstić information content (AvgIpc) is 2.92. The Kier molecular flexibility index (Phi) is 4.20. The van der Waals surface area contributed by atoms with Crippen molar-refractivity contribution in [2.24, 2.45) is 5.41 Å². The van der Waals surface area contributed by atoms with E-state index >= 15 is 0 Å². The molecule has 21 heavy (non-hydrogen) atoms. The van der Waals surface area contributed by atoms with E-state index in [9.17, 15) is 10.1 Å². The van der Waals surface area contributed by atoms with E-state index in [1.54, 1.807) is 6.07 Å². The van der Waals surface area contributed by atoms with Crippen LogP contribution < -0.4 is 5.32 Å². The van der Waals surface area contributed by atoms with Crippen LogP contribution in [-0.4, -0.2) is 11.0 Å². The van der Waals surface area contributed by atoms with Gasteiger partial charge in [-0.3, -0.25) is 10.1 Å². The number of nitro benzene ring substituents is 1. The smallest absolute Gasteiger partial charge is 0.293 e. The first-order valence-corrected chi connectivity index (χ1v) is 8.58. The second-order valence-corrected chi connectivity index (χ2v) is 7.46. The molecule has 0 radical (unpaired) electrons. The molecule has 0 aliphatic heterocycles. The molecule has 0 amide bonds. The van der Waals surface area contributed by atoms with Gasteiger partial charge in [-0.15, -0.1) is 0 Å². The Morgan fingerprint density at radius 3 is 2.48 bits per heavy atom. The second kappa shape index (κ2) is 5.95. The van der Waals surface area contributed by atoms with E-state index in [1.807, 2.05) is 12.1 Å². The molecule has 0 bridgehead atoms. The van der Waals surface area contributed by atoms with Crippen molar-refractivity contribution < 1.29 is 4.92 Å². The van der Waals surface area contributed by atoms with E-state index in [4.69, 9.17) is 0 Å². The van der Waals surface area contributed by atoms with E-state index < -0.39 is 0 Å². The fourth-order valence-corrected chi connectivity index (χ4v) is 4.35. The van der Waals surface area contributed by atoms with Gasteiger partial charge in [0.05, 0.1) is 4.92 Å². The van der Waals surface area contributed by atoms with Crippen molar-refractivity contribution in [1.82, 2.24) is 0 Å². The molecule has 0 heterocycles. The molecule has 5 heteroatoms. The summed E-state index contributed by atoms with van der Waals surface area (Å²) in [6.07, 6.45) is 10.4. The summed E-state index contributed by atoms with van der Waals surface area (Å²) in [5.41, 5.74) is 1.41. The quantitative estimate of drug-likeness (QED) is 0.595. The standard InChI is InChI=1S/C16H21BrN2O2/c17-12-3-4-14(15(11-12)19(20)21)18-13-5-9-16(10-6-13)7-1-2-8-16/h3-4,11,13,18H,1-2,5-10H2. The molecule has 0 unspecified atom stereocenters. The second-order valence-electron chi connectivity index (χ2n) is 6.54. The maximum Gasteiger partial charge on any atom is 0.293 e. The molecular formula is C16H21BrN2O2. The van der Waals surface area contributed by atoms with Gasteiger partial charge in [0.1, 0.15) is 5.69 Å². The highest BCUT2D eigenvalue weighted by molar-refractivity contribution is 9.10. The molecular weight excluding hydrogens is 332 g/mol. The van der Waals surface area contributed by atoms with Crippen molar-refractivity contribution in [2.45, 2.75) is 57.4 Å². The monoisotopic (exact) mass is 352 g/mol. The number of benzene rings is 1. The molecule has 0 aromatic heterocycles. The highest BCUT2D eigenvalue weighted by Gasteiger charge is 2.37. The van der Waals surface area contributed by atoms with Crippen LogP contribution in [0.2, 0.25) is 0 Å². The van der Waals surface area contributed by atoms with Gasteiger partial charge >= 0.3 is 0 Å². The third-order valence-corrected chi connectivity index (χ3v) is 5.72. The SMILES string of the molecule is O=[N+]([O-])c1cc(Br)ccc1NC1CCC2(CCCC2)CC1. The minimum Gasteiger partial charge on any atom is -0.377 e. The zero-order chi connectivity index (χ0) is 14.9. The maximum atomic E-state index is 11.2. The van der Waals surface area contributed by atoms with Gasteiger partial charge in [-0.05, 0) is 56.1 Å². The summed E-state index contributed by atoms with van der Waals surface area (Å²) in [6, 6.07) is 5.61. The molecule has 3 rings (SSSR count). The molecule has 2 saturated carbocycles. The molecule has 2 aliphatic rings. The Labute approximate surface area is 133 Å². The van der Waals surface area contributed by atoms with Crippen molar-refractivity contribution in [1.29, 1.82) is 0 Å². The van der Waals surface area contributed by atoms with Crippen LogP contribution in [0.25, 0.3) is 0 Å². The molecule has 2 fully saturated rings. The van der Waals surface area contributed by atoms with Crippen molar-refractivity contribution in [3.8, 4) is 0 Å². The van der Waals surface area contributed by atoms with Gasteiger partial charge in [0.2, 0.25) is 0 Å². The molecule has 1 aromatic rings. The van der Waals surface area contributed by atoms with Crippen LogP contribution in [0.15, 0.2) is 22.7 Å². The Morgan fingerprint density at radius 1 is 1.19 bits per heavy atom. The summed E-state index contributed by atoms with van der Waals surface area (Å²) in [5, 5.41) is 14.6. The molecule has 114 valence electrons. The normalized spacial score (nSPS) is 21.6. The lowest BCUT2D eigenvalue weighted by atomic mass is 9.71. The van der Waals surface area contributed by atoms with E-state index in [0.29, 0.717) is 17.1 Å². The summed E-state index contributed by atoms with van der Waals surface area (Å²) in [4.78, 5) is 10.9. The molecule has 4 nitrogen and oxygen atoms in total. The number of halogens is 1. The lowest BCUT2D eigenvalue weighted by Gasteiger charge is -2.37. The highest BCUT2D eigenvalue weighted by atomic mass is 79.9. The van der Waals surface area contributed by atoms with Gasteiger partial charge in [0, 0.05) is 16.6 Å². The zero-order valence-electron chi connectivity index (χ0n) is 12.1. The van der Waals surface area contributed by atoms with Crippen LogP contribution in [0.5, 0.6) is 0 Å². The van der Waals surface area contributed by atoms with Crippen molar-refractivity contribution in [2.75, 3.05) is 5.32 Å². The number of nitrogens with zero attached hydrogens (tertiary/aromatic N) is 1. The van der Waals surface area contributed by atoms with Crippen LogP contribution in [0.4, 0.5) is 11.4 Å². The Balaban J connectivity index is 1.66. The molecule has 2 aliphatic carbocycles. The van der Waals surface area contributed by atoms with Crippen LogP contribution >= 0.6 is 15.9 Å². The summed E-state index contributed by atoms with van der Waals surface area (Å²) >= 11 is 3.30. The van der Waals surface area contributed by atoms with E-state index in [2.05, 4.69) is 21.2 Å². The number of nitrogens with one attached hydrogen (secondary N) is 1. The minimum atomic E-state index is -0.311. The maximum absolute atomic E-state index is 11.2. The van der Waals surface area contributed by atoms with Gasteiger partial charge in [-0.2, -0.15) is 0 Å². The Morgan fingerprint density at radius 2 is 1.86 bits per heavy atom. The third kappa shape index (κ3) is 3.23. The van der Waals surface area contributed by atoms with Crippen molar-refractivity contribution in [3.63, 3.8) is 0 Å². The first kappa shape index (κ1) is 14.8. The largest absolute Gasteiger partial charge is 0.377 e. The van der Waals surface area contributed by atoms with Crippen molar-refractivity contribution in [3.05, 3.63) is 32.8 Å². The Hall–Kier alpha value is -1.10. The zero-order valence-corrected chi connectivity index (χ0v) is 13.7. The molecule has 0 saturated heterocycles. The predicted molar refractivity (Wildman–Crippen MR) is 87.6 cm³/mol. The van der Waals surface area contributed by atoms with E-state index in [-0.39, 0.29) is 10.6 Å². The first-order valence-electron chi connectivity index (χ1n) is 7.79. The van der Waals surface area contributed by atoms with E-state index in [1.165, 1.54) is 38.5 Å². The van der Waals surface area contributed by atoms with Crippen LogP contribution in [-0.2, 0) is 0 Å². The number of rotatable bonds is 3. The lowest BCUT2D eigenvalue weighted by Crippen LogP contribution is -2.31. The molecule has 1 spiro atoms. The topological polar surface area (TPSA) is 55.2 Å². The number of nitro groups is 1. The predicted octanol–water partition coefficient (Wildman–Crippen LogP) is 5.27. The molecule has 0 atom stereocenters. The van der Waals surface area contributed by atoms with Gasteiger partial charge in [-0.25, -0.2) is 0 Å². The fraction of sp³-hybridized carbons (Fsp3) is 0.625. The van der Waals surface area contributed by atoms with Crippen molar-refractivity contribution >= 4 is 27.3 Å². The van der Waals surface area contributed by atoms with Gasteiger partial charge < -0.3 is 5.32 Å². The summed E-state index contributed by atoms with van der Waals surface area (Å²) in [5.74, 6) is 0. The fourth-order valence-electron chi connectivity index (χ4n) is 4.00. The summed E-state index contributed by atoms with van der Waals surface area (Å²) in [6.45, 7) is 0. The first-order chi connectivity index (χ1) is 10.1. The number of hydrogen-bond donors (Lipinski definition) is 1. The van der Waals surface area contributed by atoms with Crippen LogP contribution in [0.3, 0.4) is 0 Å². The van der Waals surface area contributed by atoms with Gasteiger partial charge in [0.25, 0.3) is 5.69 Å².